The van der Waals surface area contributed by atoms with Gasteiger partial charge in [-0.25, -0.2) is 0 Å². The number of nitrogens with zero attached hydrogens (tertiary/aromatic N) is 3. The van der Waals surface area contributed by atoms with Gasteiger partial charge in [0, 0.05) is 17.8 Å². The monoisotopic (exact) mass is 452 g/mol. The van der Waals surface area contributed by atoms with Crippen LogP contribution in [0.25, 0.3) is 0 Å². The van der Waals surface area contributed by atoms with Crippen LogP contribution in [0.5, 0.6) is 0 Å². The number of nitrogens with one attached hydrogen (secondary N) is 2. The number of anilines is 1. The van der Waals surface area contributed by atoms with Crippen LogP contribution in [-0.2, 0) is 17.9 Å². The molecule has 10 heteroatoms. The number of aromatic nitrogens is 3. The lowest BCUT2D eigenvalue weighted by molar-refractivity contribution is -0.255. The molecular weight excluding hydrogens is 430 g/mol. The maximum absolute atomic E-state index is 12.4. The van der Waals surface area contributed by atoms with E-state index in [-0.39, 0.29) is 29.7 Å². The molecule has 2 N–H and O–H groups in total. The minimum absolute atomic E-state index is 0.0152. The van der Waals surface area contributed by atoms with Crippen molar-refractivity contribution in [3.8, 4) is 0 Å². The molecule has 3 rings (SSSR count). The number of rotatable bonds is 9. The number of carbonyl (C=O) groups excluding carboxylic acids is 3. The van der Waals surface area contributed by atoms with E-state index in [9.17, 15) is 19.5 Å². The van der Waals surface area contributed by atoms with Crippen LogP contribution < -0.4 is 15.7 Å². The molecule has 0 unspecified atom stereocenters. The molecule has 0 spiro atoms. The third-order valence-corrected chi connectivity index (χ3v) is 5.48. The molecule has 0 aliphatic carbocycles. The first kappa shape index (κ1) is 23.0. The Morgan fingerprint density at radius 3 is 2.53 bits per heavy atom. The van der Waals surface area contributed by atoms with Gasteiger partial charge in [0.2, 0.25) is 5.91 Å². The van der Waals surface area contributed by atoms with E-state index in [0.29, 0.717) is 28.8 Å². The second-order valence-corrected chi connectivity index (χ2v) is 7.84. The number of hydrogen-bond donors (Lipinski definition) is 2. The second kappa shape index (κ2) is 10.6. The standard InChI is InChI=1S/C22H23N5O4S/c1-3-27-18(12-23-20(29)15-7-4-6-14(2)10-15)25-26-22(27)32-13-19(28)24-17-9-5-8-16(11-17)21(30)31/h4-11H,3,12-13H2,1-2H3,(H,23,29)(H,24,28)(H,30,31)/p-1. The Morgan fingerprint density at radius 1 is 1.06 bits per heavy atom. The average Bonchev–Trinajstić information content (AvgIpc) is 3.18. The summed E-state index contributed by atoms with van der Waals surface area (Å²) in [5, 5.41) is 25.2. The van der Waals surface area contributed by atoms with Crippen molar-refractivity contribution in [3.63, 3.8) is 0 Å². The molecule has 0 bridgehead atoms. The van der Waals surface area contributed by atoms with Crippen LogP contribution in [0.15, 0.2) is 53.7 Å². The Labute approximate surface area is 189 Å². The number of hydrogen-bond acceptors (Lipinski definition) is 7. The Bertz CT molecular complexity index is 1140. The van der Waals surface area contributed by atoms with Crippen molar-refractivity contribution >= 4 is 35.2 Å². The highest BCUT2D eigenvalue weighted by atomic mass is 32.2. The van der Waals surface area contributed by atoms with Crippen LogP contribution in [-0.4, -0.2) is 38.3 Å². The minimum Gasteiger partial charge on any atom is -0.545 e. The van der Waals surface area contributed by atoms with E-state index in [1.165, 1.54) is 30.0 Å². The van der Waals surface area contributed by atoms with Crippen molar-refractivity contribution in [2.45, 2.75) is 32.1 Å². The van der Waals surface area contributed by atoms with Gasteiger partial charge in [-0.05, 0) is 43.7 Å². The highest BCUT2D eigenvalue weighted by molar-refractivity contribution is 7.99. The van der Waals surface area contributed by atoms with Gasteiger partial charge in [-0.15, -0.1) is 10.2 Å². The predicted octanol–water partition coefficient (Wildman–Crippen LogP) is 1.63. The molecule has 0 fully saturated rings. The van der Waals surface area contributed by atoms with E-state index >= 15 is 0 Å². The molecule has 32 heavy (non-hydrogen) atoms. The Morgan fingerprint density at radius 2 is 1.81 bits per heavy atom. The first-order valence-corrected chi connectivity index (χ1v) is 10.9. The van der Waals surface area contributed by atoms with Gasteiger partial charge in [0.1, 0.15) is 0 Å². The zero-order chi connectivity index (χ0) is 23.1. The Balaban J connectivity index is 1.57. The zero-order valence-electron chi connectivity index (χ0n) is 17.6. The van der Waals surface area contributed by atoms with Crippen molar-refractivity contribution in [2.75, 3.05) is 11.1 Å². The highest BCUT2D eigenvalue weighted by Crippen LogP contribution is 2.18. The molecule has 0 aliphatic rings. The van der Waals surface area contributed by atoms with Crippen LogP contribution in [0, 0.1) is 6.92 Å². The highest BCUT2D eigenvalue weighted by Gasteiger charge is 2.15. The second-order valence-electron chi connectivity index (χ2n) is 6.90. The molecule has 0 saturated carbocycles. The number of carboxylic acids is 1. The van der Waals surface area contributed by atoms with E-state index in [4.69, 9.17) is 0 Å². The van der Waals surface area contributed by atoms with Gasteiger partial charge in [0.25, 0.3) is 5.91 Å². The fourth-order valence-electron chi connectivity index (χ4n) is 2.97. The maximum atomic E-state index is 12.4. The van der Waals surface area contributed by atoms with E-state index in [1.807, 2.05) is 36.6 Å². The fourth-order valence-corrected chi connectivity index (χ4v) is 3.79. The molecule has 1 heterocycles. The van der Waals surface area contributed by atoms with E-state index in [1.54, 1.807) is 12.1 Å². The molecule has 166 valence electrons. The van der Waals surface area contributed by atoms with Crippen molar-refractivity contribution in [3.05, 3.63) is 71.0 Å². The van der Waals surface area contributed by atoms with Gasteiger partial charge in [-0.2, -0.15) is 0 Å². The Hall–Kier alpha value is -3.66. The smallest absolute Gasteiger partial charge is 0.251 e. The molecule has 2 amide bonds. The maximum Gasteiger partial charge on any atom is 0.251 e. The molecular formula is C22H22N5O4S-. The number of carboxylic acid groups (broad SMARTS) is 1. The summed E-state index contributed by atoms with van der Waals surface area (Å²) in [6.07, 6.45) is 0. The van der Waals surface area contributed by atoms with Gasteiger partial charge < -0.3 is 25.1 Å². The number of thioether (sulfide) groups is 1. The summed E-state index contributed by atoms with van der Waals surface area (Å²) in [5.41, 5.74) is 1.92. The van der Waals surface area contributed by atoms with Gasteiger partial charge in [-0.1, -0.05) is 41.6 Å². The van der Waals surface area contributed by atoms with Crippen molar-refractivity contribution in [2.24, 2.45) is 0 Å². The first-order chi connectivity index (χ1) is 15.4. The number of benzene rings is 2. The van der Waals surface area contributed by atoms with Crippen LogP contribution in [0.1, 0.15) is 39.0 Å². The Kier molecular flexibility index (Phi) is 7.61. The van der Waals surface area contributed by atoms with Gasteiger partial charge in [0.05, 0.1) is 18.3 Å². The lowest BCUT2D eigenvalue weighted by Crippen LogP contribution is -2.25. The number of aromatic carboxylic acids is 1. The summed E-state index contributed by atoms with van der Waals surface area (Å²) in [7, 11) is 0. The quantitative estimate of drug-likeness (QED) is 0.472. The summed E-state index contributed by atoms with van der Waals surface area (Å²) >= 11 is 1.20. The molecule has 0 saturated heterocycles. The average molecular weight is 453 g/mol. The molecule has 3 aromatic rings. The fraction of sp³-hybridized carbons (Fsp3) is 0.227. The molecule has 1 aromatic heterocycles. The topological polar surface area (TPSA) is 129 Å². The van der Waals surface area contributed by atoms with Crippen LogP contribution in [0.4, 0.5) is 5.69 Å². The van der Waals surface area contributed by atoms with Gasteiger partial charge in [0.15, 0.2) is 11.0 Å². The van der Waals surface area contributed by atoms with Crippen molar-refractivity contribution in [1.82, 2.24) is 20.1 Å². The normalized spacial score (nSPS) is 10.6. The SMILES string of the molecule is CCn1c(CNC(=O)c2cccc(C)c2)nnc1SCC(=O)Nc1cccc(C(=O)[O-])c1. The van der Waals surface area contributed by atoms with E-state index < -0.39 is 5.97 Å². The van der Waals surface area contributed by atoms with Gasteiger partial charge >= 0.3 is 0 Å². The number of aryl methyl sites for hydroxylation is 1. The summed E-state index contributed by atoms with van der Waals surface area (Å²) in [4.78, 5) is 35.6. The van der Waals surface area contributed by atoms with Crippen LogP contribution in [0.3, 0.4) is 0 Å². The van der Waals surface area contributed by atoms with Crippen molar-refractivity contribution in [1.29, 1.82) is 0 Å². The third kappa shape index (κ3) is 5.94. The number of amides is 2. The zero-order valence-corrected chi connectivity index (χ0v) is 18.4. The van der Waals surface area contributed by atoms with Crippen molar-refractivity contribution < 1.29 is 19.5 Å². The van der Waals surface area contributed by atoms with Gasteiger partial charge in [-0.3, -0.25) is 9.59 Å². The van der Waals surface area contributed by atoms with Crippen LogP contribution in [0.2, 0.25) is 0 Å². The lowest BCUT2D eigenvalue weighted by atomic mass is 10.1. The molecule has 2 aromatic carbocycles. The first-order valence-electron chi connectivity index (χ1n) is 9.88. The van der Waals surface area contributed by atoms with E-state index in [0.717, 1.165) is 5.56 Å². The predicted molar refractivity (Wildman–Crippen MR) is 118 cm³/mol. The summed E-state index contributed by atoms with van der Waals surface area (Å²) < 4.78 is 1.82. The molecule has 0 atom stereocenters. The molecule has 0 aliphatic heterocycles. The molecule has 0 radical (unpaired) electrons. The summed E-state index contributed by atoms with van der Waals surface area (Å²) in [6, 6.07) is 13.1. The lowest BCUT2D eigenvalue weighted by Gasteiger charge is -2.10. The molecule has 9 nitrogen and oxygen atoms in total. The van der Waals surface area contributed by atoms with Crippen LogP contribution >= 0.6 is 11.8 Å². The summed E-state index contributed by atoms with van der Waals surface area (Å²) in [6.45, 7) is 4.62. The minimum atomic E-state index is -1.31. The largest absolute Gasteiger partial charge is 0.545 e. The number of carbonyl (C=O) groups is 3. The van der Waals surface area contributed by atoms with E-state index in [2.05, 4.69) is 20.8 Å². The summed E-state index contributed by atoms with van der Waals surface area (Å²) in [5.74, 6) is -1.19. The third-order valence-electron chi connectivity index (χ3n) is 4.51.